The number of hydrogen-bond donors (Lipinski definition) is 1. The molecule has 0 aliphatic heterocycles. The normalized spacial score (nSPS) is 35.2. The molecule has 3 aliphatic carbocycles. The number of nitrogens with one attached hydrogen (secondary N) is 1. The summed E-state index contributed by atoms with van der Waals surface area (Å²) >= 11 is 0. The molecule has 3 aliphatic rings. The topological polar surface area (TPSA) is 21.3 Å². The first-order chi connectivity index (χ1) is 8.94. The lowest BCUT2D eigenvalue weighted by atomic mass is 9.64. The van der Waals surface area contributed by atoms with Crippen LogP contribution in [0.15, 0.2) is 0 Å². The van der Waals surface area contributed by atoms with Gasteiger partial charge in [0.1, 0.15) is 0 Å². The molecule has 3 rings (SSSR count). The van der Waals surface area contributed by atoms with Crippen molar-refractivity contribution in [3.8, 4) is 0 Å². The van der Waals surface area contributed by atoms with Crippen LogP contribution < -0.4 is 5.32 Å². The average Bonchev–Trinajstić information content (AvgIpc) is 3.18. The molecule has 2 unspecified atom stereocenters. The Morgan fingerprint density at radius 2 is 1.89 bits per heavy atom. The van der Waals surface area contributed by atoms with E-state index in [9.17, 15) is 0 Å². The summed E-state index contributed by atoms with van der Waals surface area (Å²) in [6.45, 7) is 11.4. The predicted molar refractivity (Wildman–Crippen MR) is 79.2 cm³/mol. The summed E-state index contributed by atoms with van der Waals surface area (Å²) in [5.41, 5.74) is 1.04. The molecule has 1 N–H and O–H groups in total. The number of ether oxygens (including phenoxy) is 1. The molecule has 3 fully saturated rings. The second kappa shape index (κ2) is 4.73. The van der Waals surface area contributed by atoms with Gasteiger partial charge < -0.3 is 10.1 Å². The summed E-state index contributed by atoms with van der Waals surface area (Å²) in [4.78, 5) is 0. The van der Waals surface area contributed by atoms with Crippen molar-refractivity contribution in [1.82, 2.24) is 5.32 Å². The first-order valence-electron chi connectivity index (χ1n) is 8.29. The highest BCUT2D eigenvalue weighted by Gasteiger charge is 2.55. The van der Waals surface area contributed by atoms with Crippen LogP contribution in [0, 0.1) is 22.7 Å². The Bertz CT molecular complexity index is 328. The van der Waals surface area contributed by atoms with Gasteiger partial charge in [-0.05, 0) is 49.4 Å². The Morgan fingerprint density at radius 1 is 1.21 bits per heavy atom. The van der Waals surface area contributed by atoms with Crippen molar-refractivity contribution >= 4 is 0 Å². The Labute approximate surface area is 118 Å². The molecule has 0 aromatic rings. The van der Waals surface area contributed by atoms with Crippen LogP contribution in [0.1, 0.15) is 59.8 Å². The summed E-state index contributed by atoms with van der Waals surface area (Å²) in [6.07, 6.45) is 7.62. The summed E-state index contributed by atoms with van der Waals surface area (Å²) in [5, 5.41) is 3.87. The van der Waals surface area contributed by atoms with Crippen molar-refractivity contribution in [2.75, 3.05) is 13.2 Å². The van der Waals surface area contributed by atoms with Gasteiger partial charge in [0.25, 0.3) is 0 Å². The van der Waals surface area contributed by atoms with Crippen LogP contribution in [0.25, 0.3) is 0 Å². The van der Waals surface area contributed by atoms with Crippen LogP contribution >= 0.6 is 0 Å². The molecule has 0 heterocycles. The Balaban J connectivity index is 1.43. The van der Waals surface area contributed by atoms with Gasteiger partial charge in [-0.25, -0.2) is 0 Å². The van der Waals surface area contributed by atoms with Gasteiger partial charge in [0.05, 0.1) is 6.10 Å². The van der Waals surface area contributed by atoms with E-state index in [0.29, 0.717) is 23.5 Å². The monoisotopic (exact) mass is 265 g/mol. The van der Waals surface area contributed by atoms with E-state index in [4.69, 9.17) is 4.74 Å². The number of hydrogen-bond acceptors (Lipinski definition) is 2. The van der Waals surface area contributed by atoms with Gasteiger partial charge in [0.2, 0.25) is 0 Å². The molecule has 0 bridgehead atoms. The Hall–Kier alpha value is -0.0800. The SMILES string of the molecule is CC(C)COC1CC(NCC2(C3CC3)CC2)C1(C)C. The van der Waals surface area contributed by atoms with E-state index in [1.165, 1.54) is 38.6 Å². The molecule has 0 spiro atoms. The largest absolute Gasteiger partial charge is 0.377 e. The second-order valence-corrected chi connectivity index (χ2v) is 8.34. The van der Waals surface area contributed by atoms with Crippen molar-refractivity contribution in [2.24, 2.45) is 22.7 Å². The molecule has 2 atom stereocenters. The van der Waals surface area contributed by atoms with Gasteiger partial charge in [-0.2, -0.15) is 0 Å². The van der Waals surface area contributed by atoms with Gasteiger partial charge >= 0.3 is 0 Å². The van der Waals surface area contributed by atoms with Crippen molar-refractivity contribution in [2.45, 2.75) is 71.9 Å². The fourth-order valence-corrected chi connectivity index (χ4v) is 3.74. The molecule has 19 heavy (non-hydrogen) atoms. The van der Waals surface area contributed by atoms with Gasteiger partial charge in [-0.3, -0.25) is 0 Å². The lowest BCUT2D eigenvalue weighted by Gasteiger charge is -2.52. The van der Waals surface area contributed by atoms with Crippen molar-refractivity contribution in [3.63, 3.8) is 0 Å². The zero-order valence-electron chi connectivity index (χ0n) is 13.2. The molecule has 0 radical (unpaired) electrons. The lowest BCUT2D eigenvalue weighted by Crippen LogP contribution is -2.61. The fourth-order valence-electron chi connectivity index (χ4n) is 3.74. The average molecular weight is 265 g/mol. The van der Waals surface area contributed by atoms with E-state index in [1.54, 1.807) is 0 Å². The fraction of sp³-hybridized carbons (Fsp3) is 1.00. The zero-order chi connectivity index (χ0) is 13.7. The highest BCUT2D eigenvalue weighted by atomic mass is 16.5. The van der Waals surface area contributed by atoms with Gasteiger partial charge in [-0.1, -0.05) is 27.7 Å². The number of rotatable bonds is 7. The minimum Gasteiger partial charge on any atom is -0.377 e. The Morgan fingerprint density at radius 3 is 2.37 bits per heavy atom. The maximum Gasteiger partial charge on any atom is 0.0656 e. The molecule has 0 saturated heterocycles. The molecular weight excluding hydrogens is 234 g/mol. The van der Waals surface area contributed by atoms with Crippen LogP contribution in [0.4, 0.5) is 0 Å². The molecule has 0 aromatic heterocycles. The molecule has 2 heteroatoms. The van der Waals surface area contributed by atoms with Crippen LogP contribution in [-0.2, 0) is 4.74 Å². The van der Waals surface area contributed by atoms with Crippen LogP contribution in [-0.4, -0.2) is 25.3 Å². The quantitative estimate of drug-likeness (QED) is 0.759. The van der Waals surface area contributed by atoms with Gasteiger partial charge in [0.15, 0.2) is 0 Å². The van der Waals surface area contributed by atoms with Gasteiger partial charge in [-0.15, -0.1) is 0 Å². The van der Waals surface area contributed by atoms with E-state index in [2.05, 4.69) is 33.0 Å². The first-order valence-corrected chi connectivity index (χ1v) is 8.29. The smallest absolute Gasteiger partial charge is 0.0656 e. The Kier molecular flexibility index (Phi) is 3.46. The summed E-state index contributed by atoms with van der Waals surface area (Å²) in [5.74, 6) is 1.71. The van der Waals surface area contributed by atoms with Crippen LogP contribution in [0.2, 0.25) is 0 Å². The maximum absolute atomic E-state index is 6.05. The highest BCUT2D eigenvalue weighted by Crippen LogP contribution is 2.61. The standard InChI is InChI=1S/C17H31NO/c1-12(2)10-19-15-9-14(16(15,3)4)18-11-17(7-8-17)13-5-6-13/h12-15,18H,5-11H2,1-4H3. The summed E-state index contributed by atoms with van der Waals surface area (Å²) < 4.78 is 6.05. The van der Waals surface area contributed by atoms with E-state index in [0.717, 1.165) is 17.9 Å². The molecular formula is C17H31NO. The van der Waals surface area contributed by atoms with E-state index in [-0.39, 0.29) is 0 Å². The molecule has 2 nitrogen and oxygen atoms in total. The highest BCUT2D eigenvalue weighted by molar-refractivity contribution is 5.08. The third-order valence-electron chi connectivity index (χ3n) is 5.84. The van der Waals surface area contributed by atoms with Crippen LogP contribution in [0.5, 0.6) is 0 Å². The minimum absolute atomic E-state index is 0.314. The zero-order valence-corrected chi connectivity index (χ0v) is 13.2. The molecule has 0 aromatic carbocycles. The van der Waals surface area contributed by atoms with E-state index in [1.807, 2.05) is 0 Å². The van der Waals surface area contributed by atoms with Crippen molar-refractivity contribution in [3.05, 3.63) is 0 Å². The molecule has 0 amide bonds. The third kappa shape index (κ3) is 2.71. The second-order valence-electron chi connectivity index (χ2n) is 8.34. The lowest BCUT2D eigenvalue weighted by molar-refractivity contribution is -0.124. The summed E-state index contributed by atoms with van der Waals surface area (Å²) in [7, 11) is 0. The van der Waals surface area contributed by atoms with Crippen LogP contribution in [0.3, 0.4) is 0 Å². The first kappa shape index (κ1) is 13.9. The van der Waals surface area contributed by atoms with Crippen molar-refractivity contribution in [1.29, 1.82) is 0 Å². The molecule has 110 valence electrons. The van der Waals surface area contributed by atoms with E-state index >= 15 is 0 Å². The molecule has 3 saturated carbocycles. The predicted octanol–water partition coefficient (Wildman–Crippen LogP) is 3.61. The third-order valence-corrected chi connectivity index (χ3v) is 5.84. The van der Waals surface area contributed by atoms with Gasteiger partial charge in [0, 0.05) is 24.6 Å². The summed E-state index contributed by atoms with van der Waals surface area (Å²) in [6, 6.07) is 0.667. The van der Waals surface area contributed by atoms with Crippen molar-refractivity contribution < 1.29 is 4.74 Å². The van der Waals surface area contributed by atoms with E-state index < -0.39 is 0 Å². The minimum atomic E-state index is 0.314. The maximum atomic E-state index is 6.05.